The monoisotopic (exact) mass is 422 g/mol. The maximum Gasteiger partial charge on any atom is 0.409 e. The highest BCUT2D eigenvalue weighted by Gasteiger charge is 2.23. The summed E-state index contributed by atoms with van der Waals surface area (Å²) in [5, 5.41) is 0. The predicted molar refractivity (Wildman–Crippen MR) is 102 cm³/mol. The molecule has 0 saturated heterocycles. The smallest absolute Gasteiger partial charge is 0.236 e. The number of hydrogen-bond acceptors (Lipinski definition) is 2. The molecule has 8 heteroatoms. The van der Waals surface area contributed by atoms with Gasteiger partial charge in [-0.25, -0.2) is 23.1 Å². The molecule has 3 aromatic rings. The maximum absolute atomic E-state index is 14.3. The van der Waals surface area contributed by atoms with Crippen molar-refractivity contribution >= 4 is 6.08 Å². The van der Waals surface area contributed by atoms with Crippen molar-refractivity contribution in [1.29, 1.82) is 0 Å². The molecule has 1 heterocycles. The fourth-order valence-corrected chi connectivity index (χ4v) is 2.90. The van der Waals surface area contributed by atoms with Crippen molar-refractivity contribution in [2.75, 3.05) is 0 Å². The first kappa shape index (κ1) is 21.5. The van der Waals surface area contributed by atoms with Crippen molar-refractivity contribution < 1.29 is 26.3 Å². The van der Waals surface area contributed by atoms with E-state index in [0.717, 1.165) is 30.5 Å². The molecule has 156 valence electrons. The van der Waals surface area contributed by atoms with Crippen molar-refractivity contribution in [1.82, 2.24) is 9.97 Å². The van der Waals surface area contributed by atoms with Gasteiger partial charge in [-0.3, -0.25) is 0 Å². The molecule has 30 heavy (non-hydrogen) atoms. The summed E-state index contributed by atoms with van der Waals surface area (Å²) in [5.74, 6) is -2.85. The molecule has 0 amide bonds. The van der Waals surface area contributed by atoms with E-state index < -0.39 is 29.2 Å². The summed E-state index contributed by atoms with van der Waals surface area (Å²) in [4.78, 5) is 8.03. The summed E-state index contributed by atoms with van der Waals surface area (Å²) < 4.78 is 79.3. The molecule has 1 aromatic heterocycles. The van der Waals surface area contributed by atoms with E-state index in [0.29, 0.717) is 11.6 Å². The van der Waals surface area contributed by atoms with Crippen LogP contribution >= 0.6 is 0 Å². The van der Waals surface area contributed by atoms with E-state index in [1.54, 1.807) is 12.1 Å². The Morgan fingerprint density at radius 1 is 0.867 bits per heavy atom. The van der Waals surface area contributed by atoms with Crippen molar-refractivity contribution in [2.45, 2.75) is 25.9 Å². The Balaban J connectivity index is 1.89. The lowest BCUT2D eigenvalue weighted by Gasteiger charge is -2.08. The van der Waals surface area contributed by atoms with Crippen LogP contribution in [-0.2, 0) is 6.42 Å². The predicted octanol–water partition coefficient (Wildman–Crippen LogP) is 6.76. The highest BCUT2D eigenvalue weighted by atomic mass is 19.4. The van der Waals surface area contributed by atoms with Gasteiger partial charge in [-0.15, -0.1) is 0 Å². The Kier molecular flexibility index (Phi) is 6.24. The SMILES string of the molecule is CCCc1ccc(-c2cnc(-c3cc(F)c(C=CC(F)(F)F)c(F)c3)nc2)c(F)c1. The molecule has 2 nitrogen and oxygen atoms in total. The van der Waals surface area contributed by atoms with Crippen molar-refractivity contribution in [2.24, 2.45) is 0 Å². The number of benzene rings is 2. The molecule has 0 unspecified atom stereocenters. The van der Waals surface area contributed by atoms with Crippen molar-refractivity contribution in [3.05, 3.63) is 77.4 Å². The summed E-state index contributed by atoms with van der Waals surface area (Å²) in [7, 11) is 0. The van der Waals surface area contributed by atoms with Gasteiger partial charge in [-0.05, 0) is 36.3 Å². The summed E-state index contributed by atoms with van der Waals surface area (Å²) in [6.07, 6.45) is -0.364. The number of halogens is 6. The topological polar surface area (TPSA) is 25.8 Å². The van der Waals surface area contributed by atoms with Crippen LogP contribution in [0.5, 0.6) is 0 Å². The van der Waals surface area contributed by atoms with Gasteiger partial charge >= 0.3 is 6.18 Å². The molecule has 2 aromatic carbocycles. The van der Waals surface area contributed by atoms with Gasteiger partial charge in [0.1, 0.15) is 17.5 Å². The van der Waals surface area contributed by atoms with Gasteiger partial charge in [0.15, 0.2) is 5.82 Å². The zero-order chi connectivity index (χ0) is 21.9. The van der Waals surface area contributed by atoms with Gasteiger partial charge in [0, 0.05) is 40.7 Å². The molecule has 0 fully saturated rings. The second-order valence-electron chi connectivity index (χ2n) is 6.59. The Morgan fingerprint density at radius 2 is 1.50 bits per heavy atom. The molecule has 0 aliphatic rings. The van der Waals surface area contributed by atoms with Gasteiger partial charge in [-0.2, -0.15) is 13.2 Å². The lowest BCUT2D eigenvalue weighted by molar-refractivity contribution is -0.0790. The zero-order valence-corrected chi connectivity index (χ0v) is 15.8. The zero-order valence-electron chi connectivity index (χ0n) is 15.8. The molecule has 0 spiro atoms. The molecule has 0 atom stereocenters. The third kappa shape index (κ3) is 5.06. The van der Waals surface area contributed by atoms with E-state index >= 15 is 0 Å². The van der Waals surface area contributed by atoms with Crippen LogP contribution in [0.25, 0.3) is 28.6 Å². The Morgan fingerprint density at radius 3 is 2.03 bits per heavy atom. The van der Waals surface area contributed by atoms with E-state index in [9.17, 15) is 26.3 Å². The third-order valence-corrected chi connectivity index (χ3v) is 4.31. The molecular formula is C22H16F6N2. The molecular weight excluding hydrogens is 406 g/mol. The standard InChI is InChI=1S/C22H16F6N2/c1-2-3-13-4-5-16(18(23)8-13)15-11-29-21(30-12-15)14-9-19(24)17(20(25)10-14)6-7-22(26,27)28/h4-12H,2-3H2,1H3. The summed E-state index contributed by atoms with van der Waals surface area (Å²) in [6, 6.07) is 6.53. The molecule has 0 radical (unpaired) electrons. The average molecular weight is 422 g/mol. The van der Waals surface area contributed by atoms with E-state index in [1.165, 1.54) is 18.5 Å². The molecule has 0 saturated carbocycles. The minimum absolute atomic E-state index is 0.0501. The van der Waals surface area contributed by atoms with Gasteiger partial charge in [0.2, 0.25) is 0 Å². The van der Waals surface area contributed by atoms with Gasteiger partial charge in [-0.1, -0.05) is 25.5 Å². The van der Waals surface area contributed by atoms with Gasteiger partial charge in [0.05, 0.1) is 0 Å². The first-order chi connectivity index (χ1) is 14.2. The lowest BCUT2D eigenvalue weighted by atomic mass is 10.0. The van der Waals surface area contributed by atoms with Crippen LogP contribution in [-0.4, -0.2) is 16.1 Å². The third-order valence-electron chi connectivity index (χ3n) is 4.31. The summed E-state index contributed by atoms with van der Waals surface area (Å²) in [5.41, 5.74) is 0.652. The Hall–Kier alpha value is -3.16. The highest BCUT2D eigenvalue weighted by molar-refractivity contribution is 5.66. The lowest BCUT2D eigenvalue weighted by Crippen LogP contribution is -2.01. The van der Waals surface area contributed by atoms with E-state index in [1.807, 2.05) is 6.92 Å². The first-order valence-corrected chi connectivity index (χ1v) is 9.04. The molecule has 0 aliphatic heterocycles. The quantitative estimate of drug-likeness (QED) is 0.425. The summed E-state index contributed by atoms with van der Waals surface area (Å²) in [6.45, 7) is 1.99. The fraction of sp³-hybridized carbons (Fsp3) is 0.182. The van der Waals surface area contributed by atoms with Gasteiger partial charge in [0.25, 0.3) is 0 Å². The number of hydrogen-bond donors (Lipinski definition) is 0. The number of allylic oxidation sites excluding steroid dienone is 1. The second-order valence-corrected chi connectivity index (χ2v) is 6.59. The minimum Gasteiger partial charge on any atom is -0.236 e. The van der Waals surface area contributed by atoms with Crippen molar-refractivity contribution in [3.63, 3.8) is 0 Å². The molecule has 0 bridgehead atoms. The van der Waals surface area contributed by atoms with Crippen LogP contribution in [0.15, 0.2) is 48.8 Å². The fourth-order valence-electron chi connectivity index (χ4n) is 2.90. The number of aromatic nitrogens is 2. The number of rotatable bonds is 5. The highest BCUT2D eigenvalue weighted by Crippen LogP contribution is 2.27. The van der Waals surface area contributed by atoms with Crippen LogP contribution in [0.4, 0.5) is 26.3 Å². The average Bonchev–Trinajstić information content (AvgIpc) is 2.67. The van der Waals surface area contributed by atoms with Crippen LogP contribution in [0.2, 0.25) is 0 Å². The van der Waals surface area contributed by atoms with E-state index in [4.69, 9.17) is 0 Å². The molecule has 0 aliphatic carbocycles. The maximum atomic E-state index is 14.3. The van der Waals surface area contributed by atoms with Crippen molar-refractivity contribution in [3.8, 4) is 22.5 Å². The number of alkyl halides is 3. The number of aryl methyl sites for hydroxylation is 1. The number of nitrogens with zero attached hydrogens (tertiary/aromatic N) is 2. The molecule has 3 rings (SSSR count). The van der Waals surface area contributed by atoms with E-state index in [2.05, 4.69) is 9.97 Å². The van der Waals surface area contributed by atoms with Crippen LogP contribution < -0.4 is 0 Å². The Labute approximate surface area is 168 Å². The second kappa shape index (κ2) is 8.69. The normalized spacial score (nSPS) is 12.0. The Bertz CT molecular complexity index is 1050. The first-order valence-electron chi connectivity index (χ1n) is 9.04. The summed E-state index contributed by atoms with van der Waals surface area (Å²) >= 11 is 0. The van der Waals surface area contributed by atoms with Gasteiger partial charge < -0.3 is 0 Å². The van der Waals surface area contributed by atoms with E-state index in [-0.39, 0.29) is 23.0 Å². The van der Waals surface area contributed by atoms with Crippen LogP contribution in [0.1, 0.15) is 24.5 Å². The van der Waals surface area contributed by atoms with Crippen LogP contribution in [0.3, 0.4) is 0 Å². The molecule has 0 N–H and O–H groups in total. The minimum atomic E-state index is -4.69. The largest absolute Gasteiger partial charge is 0.409 e. The van der Waals surface area contributed by atoms with Crippen LogP contribution in [0, 0.1) is 17.5 Å².